The number of anilines is 1. The highest BCUT2D eigenvalue weighted by Crippen LogP contribution is 2.23. The number of nitrogens with one attached hydrogen (secondary N) is 1. The average molecular weight is 455 g/mol. The highest BCUT2D eigenvalue weighted by Gasteiger charge is 2.27. The first-order valence-electron chi connectivity index (χ1n) is 11.5. The monoisotopic (exact) mass is 454 g/mol. The molecule has 1 aliphatic heterocycles. The third-order valence-electron chi connectivity index (χ3n) is 5.99. The van der Waals surface area contributed by atoms with Crippen molar-refractivity contribution < 1.29 is 14.3 Å². The largest absolute Gasteiger partial charge is 0.497 e. The van der Waals surface area contributed by atoms with Gasteiger partial charge in [-0.25, -0.2) is 4.79 Å². The van der Waals surface area contributed by atoms with Gasteiger partial charge in [0, 0.05) is 44.3 Å². The number of rotatable bonds is 8. The van der Waals surface area contributed by atoms with Crippen LogP contribution in [0, 0.1) is 0 Å². The zero-order valence-corrected chi connectivity index (χ0v) is 20.0. The summed E-state index contributed by atoms with van der Waals surface area (Å²) < 4.78 is 5.28. The summed E-state index contributed by atoms with van der Waals surface area (Å²) in [6, 6.07) is 11.4. The number of piperazine rings is 1. The van der Waals surface area contributed by atoms with E-state index in [-0.39, 0.29) is 24.5 Å². The number of nitrogens with zero attached hydrogens (tertiary/aromatic N) is 5. The molecular weight excluding hydrogens is 420 g/mol. The van der Waals surface area contributed by atoms with E-state index in [1.807, 2.05) is 62.1 Å². The number of amides is 3. The Labute approximate surface area is 195 Å². The number of carbonyl (C=O) groups is 2. The normalized spacial score (nSPS) is 14.5. The summed E-state index contributed by atoms with van der Waals surface area (Å²) in [7, 11) is 1.64. The van der Waals surface area contributed by atoms with Crippen LogP contribution in [0.4, 0.5) is 10.6 Å². The molecule has 1 atom stereocenters. The predicted octanol–water partition coefficient (Wildman–Crippen LogP) is 2.63. The van der Waals surface area contributed by atoms with Crippen molar-refractivity contribution in [1.29, 1.82) is 0 Å². The Bertz CT molecular complexity index is 928. The first kappa shape index (κ1) is 24.3. The Morgan fingerprint density at radius 2 is 1.88 bits per heavy atom. The second kappa shape index (κ2) is 11.5. The van der Waals surface area contributed by atoms with Crippen LogP contribution in [-0.2, 0) is 4.79 Å². The highest BCUT2D eigenvalue weighted by atomic mass is 16.5. The third-order valence-corrected chi connectivity index (χ3v) is 5.99. The fourth-order valence-electron chi connectivity index (χ4n) is 3.76. The molecule has 178 valence electrons. The molecule has 9 nitrogen and oxygen atoms in total. The molecule has 0 aliphatic carbocycles. The van der Waals surface area contributed by atoms with Gasteiger partial charge in [0.25, 0.3) is 0 Å². The molecule has 3 rings (SSSR count). The van der Waals surface area contributed by atoms with Crippen LogP contribution in [0.5, 0.6) is 5.75 Å². The van der Waals surface area contributed by atoms with Crippen LogP contribution >= 0.6 is 0 Å². The van der Waals surface area contributed by atoms with E-state index in [9.17, 15) is 9.59 Å². The van der Waals surface area contributed by atoms with E-state index in [0.717, 1.165) is 29.2 Å². The van der Waals surface area contributed by atoms with Crippen molar-refractivity contribution in [2.45, 2.75) is 33.2 Å². The summed E-state index contributed by atoms with van der Waals surface area (Å²) in [5.41, 5.74) is 1.73. The summed E-state index contributed by atoms with van der Waals surface area (Å²) in [6.07, 6.45) is 0.794. The van der Waals surface area contributed by atoms with Gasteiger partial charge in [-0.05, 0) is 44.5 Å². The summed E-state index contributed by atoms with van der Waals surface area (Å²) in [4.78, 5) is 30.8. The first-order valence-corrected chi connectivity index (χ1v) is 11.5. The minimum absolute atomic E-state index is 0.000149. The van der Waals surface area contributed by atoms with E-state index in [1.165, 1.54) is 0 Å². The SMILES string of the molecule is CCNC(=O)N(CC(=O)N1CCN(c2ccc(-c3cccc(OC)c3)nn2)CC1)[C@@H](C)CC. The van der Waals surface area contributed by atoms with Gasteiger partial charge in [0.05, 0.1) is 12.8 Å². The van der Waals surface area contributed by atoms with E-state index in [0.29, 0.717) is 32.7 Å². The minimum atomic E-state index is -0.190. The Balaban J connectivity index is 1.57. The van der Waals surface area contributed by atoms with Crippen LogP contribution < -0.4 is 15.0 Å². The Kier molecular flexibility index (Phi) is 8.46. The zero-order chi connectivity index (χ0) is 23.8. The summed E-state index contributed by atoms with van der Waals surface area (Å²) in [5.74, 6) is 1.54. The molecule has 3 amide bonds. The summed E-state index contributed by atoms with van der Waals surface area (Å²) in [5, 5.41) is 11.6. The Morgan fingerprint density at radius 1 is 1.12 bits per heavy atom. The molecule has 0 radical (unpaired) electrons. The molecule has 33 heavy (non-hydrogen) atoms. The van der Waals surface area contributed by atoms with Crippen molar-refractivity contribution in [3.63, 3.8) is 0 Å². The van der Waals surface area contributed by atoms with Crippen LogP contribution in [0.15, 0.2) is 36.4 Å². The van der Waals surface area contributed by atoms with Gasteiger partial charge in [-0.1, -0.05) is 19.1 Å². The van der Waals surface area contributed by atoms with Crippen molar-refractivity contribution in [1.82, 2.24) is 25.3 Å². The van der Waals surface area contributed by atoms with Crippen LogP contribution in [-0.4, -0.2) is 84.4 Å². The van der Waals surface area contributed by atoms with Gasteiger partial charge in [-0.3, -0.25) is 4.79 Å². The molecule has 1 aromatic heterocycles. The number of hydrogen-bond acceptors (Lipinski definition) is 6. The average Bonchev–Trinajstić information content (AvgIpc) is 2.87. The number of hydrogen-bond donors (Lipinski definition) is 1. The summed E-state index contributed by atoms with van der Waals surface area (Å²) in [6.45, 7) is 9.00. The van der Waals surface area contributed by atoms with Gasteiger partial charge >= 0.3 is 6.03 Å². The molecule has 1 saturated heterocycles. The van der Waals surface area contributed by atoms with E-state index in [2.05, 4.69) is 20.4 Å². The number of urea groups is 1. The molecule has 1 aromatic carbocycles. The third kappa shape index (κ3) is 6.12. The second-order valence-corrected chi connectivity index (χ2v) is 8.10. The number of ether oxygens (including phenoxy) is 1. The van der Waals surface area contributed by atoms with Crippen molar-refractivity contribution >= 4 is 17.8 Å². The fraction of sp³-hybridized carbons (Fsp3) is 0.500. The van der Waals surface area contributed by atoms with E-state index in [1.54, 1.807) is 12.0 Å². The second-order valence-electron chi connectivity index (χ2n) is 8.10. The molecule has 2 aromatic rings. The van der Waals surface area contributed by atoms with Gasteiger partial charge in [-0.15, -0.1) is 10.2 Å². The lowest BCUT2D eigenvalue weighted by Crippen LogP contribution is -2.54. The summed E-state index contributed by atoms with van der Waals surface area (Å²) >= 11 is 0. The molecule has 1 fully saturated rings. The number of benzene rings is 1. The Morgan fingerprint density at radius 3 is 2.48 bits per heavy atom. The molecule has 1 aliphatic rings. The lowest BCUT2D eigenvalue weighted by atomic mass is 10.1. The quantitative estimate of drug-likeness (QED) is 0.659. The topological polar surface area (TPSA) is 90.9 Å². The van der Waals surface area contributed by atoms with Gasteiger partial charge in [-0.2, -0.15) is 0 Å². The maximum atomic E-state index is 12.9. The van der Waals surface area contributed by atoms with Crippen molar-refractivity contribution in [3.8, 4) is 17.0 Å². The Hall–Kier alpha value is -3.36. The van der Waals surface area contributed by atoms with Crippen LogP contribution in [0.3, 0.4) is 0 Å². The van der Waals surface area contributed by atoms with Crippen molar-refractivity contribution in [3.05, 3.63) is 36.4 Å². The molecule has 0 spiro atoms. The lowest BCUT2D eigenvalue weighted by molar-refractivity contribution is -0.132. The molecule has 1 N–H and O–H groups in total. The maximum absolute atomic E-state index is 12.9. The van der Waals surface area contributed by atoms with Crippen LogP contribution in [0.2, 0.25) is 0 Å². The van der Waals surface area contributed by atoms with Crippen LogP contribution in [0.25, 0.3) is 11.3 Å². The standard InChI is InChI=1S/C24H34N6O3/c1-5-18(3)30(24(32)25-6-2)17-23(31)29-14-12-28(13-15-29)22-11-10-21(26-27-22)19-8-7-9-20(16-19)33-4/h7-11,16,18H,5-6,12-15,17H2,1-4H3,(H,25,32)/t18-/m0/s1. The van der Waals surface area contributed by atoms with E-state index >= 15 is 0 Å². The smallest absolute Gasteiger partial charge is 0.318 e. The van der Waals surface area contributed by atoms with Gasteiger partial charge in [0.2, 0.25) is 5.91 Å². The van der Waals surface area contributed by atoms with Crippen molar-refractivity contribution in [2.24, 2.45) is 0 Å². The van der Waals surface area contributed by atoms with Gasteiger partial charge in [0.15, 0.2) is 5.82 Å². The number of methoxy groups -OCH3 is 1. The maximum Gasteiger partial charge on any atom is 0.318 e. The molecule has 9 heteroatoms. The first-order chi connectivity index (χ1) is 16.0. The van der Waals surface area contributed by atoms with Gasteiger partial charge < -0.3 is 24.8 Å². The zero-order valence-electron chi connectivity index (χ0n) is 20.0. The molecule has 0 unspecified atom stereocenters. The van der Waals surface area contributed by atoms with E-state index in [4.69, 9.17) is 4.74 Å². The number of aromatic nitrogens is 2. The number of carbonyl (C=O) groups excluding carboxylic acids is 2. The minimum Gasteiger partial charge on any atom is -0.497 e. The molecule has 2 heterocycles. The molecular formula is C24H34N6O3. The molecule has 0 saturated carbocycles. The molecule has 0 bridgehead atoms. The van der Waals surface area contributed by atoms with E-state index < -0.39 is 0 Å². The van der Waals surface area contributed by atoms with Crippen LogP contribution in [0.1, 0.15) is 27.2 Å². The predicted molar refractivity (Wildman–Crippen MR) is 128 cm³/mol. The highest BCUT2D eigenvalue weighted by molar-refractivity contribution is 5.84. The fourth-order valence-corrected chi connectivity index (χ4v) is 3.76. The van der Waals surface area contributed by atoms with Gasteiger partial charge in [0.1, 0.15) is 12.3 Å². The lowest BCUT2D eigenvalue weighted by Gasteiger charge is -2.37. The van der Waals surface area contributed by atoms with Crippen molar-refractivity contribution in [2.75, 3.05) is 51.3 Å².